The second-order valence-corrected chi connectivity index (χ2v) is 11.5. The second kappa shape index (κ2) is 14.0. The third kappa shape index (κ3) is 7.34. The maximum absolute atomic E-state index is 12.8. The zero-order chi connectivity index (χ0) is 30.1. The molecule has 0 bridgehead atoms. The molecule has 0 spiro atoms. The monoisotopic (exact) mass is 589 g/mol. The molecule has 0 unspecified atom stereocenters. The van der Waals surface area contributed by atoms with Crippen LogP contribution >= 0.6 is 0 Å². The Balaban J connectivity index is 0.964. The number of rotatable bonds is 11. The van der Waals surface area contributed by atoms with E-state index >= 15 is 0 Å². The van der Waals surface area contributed by atoms with Crippen molar-refractivity contribution in [2.75, 3.05) is 36.0 Å². The lowest BCUT2D eigenvalue weighted by Crippen LogP contribution is -2.18. The van der Waals surface area contributed by atoms with Crippen LogP contribution in [0.15, 0.2) is 89.2 Å². The number of hydrazone groups is 2. The normalized spacial score (nSPS) is 15.2. The minimum atomic E-state index is -0.258. The zero-order valence-electron chi connectivity index (χ0n) is 25.0. The highest BCUT2D eigenvalue weighted by Crippen LogP contribution is 2.22. The van der Waals surface area contributed by atoms with Gasteiger partial charge in [0.05, 0.1) is 12.4 Å². The third-order valence-electron chi connectivity index (χ3n) is 8.30. The number of hydrogen-bond acceptors (Lipinski definition) is 6. The third-order valence-corrected chi connectivity index (χ3v) is 8.30. The smallest absolute Gasteiger partial charge is 0.271 e. The van der Waals surface area contributed by atoms with Crippen molar-refractivity contribution < 1.29 is 9.59 Å². The second-order valence-electron chi connectivity index (χ2n) is 11.5. The van der Waals surface area contributed by atoms with Gasteiger partial charge in [0.15, 0.2) is 0 Å². The molecular formula is C35H39N7O2. The van der Waals surface area contributed by atoms with Gasteiger partial charge >= 0.3 is 0 Å². The van der Waals surface area contributed by atoms with Crippen LogP contribution in [0.1, 0.15) is 60.0 Å². The molecule has 2 N–H and O–H groups in total. The highest BCUT2D eigenvalue weighted by Gasteiger charge is 2.13. The Morgan fingerprint density at radius 1 is 0.727 bits per heavy atom. The van der Waals surface area contributed by atoms with Gasteiger partial charge < -0.3 is 14.4 Å². The fourth-order valence-electron chi connectivity index (χ4n) is 5.97. The molecule has 2 amide bonds. The minimum Gasteiger partial charge on any atom is -0.372 e. The first kappa shape index (κ1) is 29.2. The molecule has 0 saturated carbocycles. The van der Waals surface area contributed by atoms with E-state index in [1.54, 1.807) is 18.5 Å². The molecular weight excluding hydrogens is 550 g/mol. The molecule has 1 aromatic heterocycles. The maximum atomic E-state index is 12.8. The van der Waals surface area contributed by atoms with Crippen LogP contribution in [0.4, 0.5) is 11.4 Å². The van der Waals surface area contributed by atoms with Crippen molar-refractivity contribution in [2.24, 2.45) is 10.2 Å². The SMILES string of the molecule is O=C(CCCn1ccc2cc(C(=O)N/N=C/c3cccc(N4CCCC4)c3)ccc21)N/N=C/c1cccc(N2CCCC2)c1. The first-order chi connectivity index (χ1) is 21.6. The van der Waals surface area contributed by atoms with Gasteiger partial charge in [-0.05, 0) is 91.8 Å². The molecule has 44 heavy (non-hydrogen) atoms. The summed E-state index contributed by atoms with van der Waals surface area (Å²) in [5, 5.41) is 9.31. The lowest BCUT2D eigenvalue weighted by Gasteiger charge is -2.17. The van der Waals surface area contributed by atoms with E-state index in [-0.39, 0.29) is 11.8 Å². The first-order valence-corrected chi connectivity index (χ1v) is 15.6. The molecule has 2 fully saturated rings. The highest BCUT2D eigenvalue weighted by atomic mass is 16.2. The van der Waals surface area contributed by atoms with Gasteiger partial charge in [0.1, 0.15) is 0 Å². The molecule has 3 aromatic carbocycles. The Kier molecular flexibility index (Phi) is 9.30. The number of anilines is 2. The topological polar surface area (TPSA) is 94.3 Å². The number of hydrogen-bond donors (Lipinski definition) is 2. The lowest BCUT2D eigenvalue weighted by atomic mass is 10.1. The summed E-state index contributed by atoms with van der Waals surface area (Å²) < 4.78 is 2.10. The summed E-state index contributed by atoms with van der Waals surface area (Å²) in [5.74, 6) is -0.373. The van der Waals surface area contributed by atoms with Crippen LogP contribution in [-0.4, -0.2) is 55.0 Å². The molecule has 9 heteroatoms. The largest absolute Gasteiger partial charge is 0.372 e. The highest BCUT2D eigenvalue weighted by molar-refractivity contribution is 5.98. The summed E-state index contributed by atoms with van der Waals surface area (Å²) in [5.41, 5.74) is 11.2. The van der Waals surface area contributed by atoms with E-state index in [1.165, 1.54) is 37.1 Å². The molecule has 6 rings (SSSR count). The number of nitrogens with one attached hydrogen (secondary N) is 2. The van der Waals surface area contributed by atoms with Crippen molar-refractivity contribution in [3.63, 3.8) is 0 Å². The Hall–Kier alpha value is -4.92. The molecule has 9 nitrogen and oxygen atoms in total. The molecule has 4 aromatic rings. The van der Waals surface area contributed by atoms with E-state index < -0.39 is 0 Å². The predicted molar refractivity (Wildman–Crippen MR) is 178 cm³/mol. The van der Waals surface area contributed by atoms with Crippen LogP contribution in [0.2, 0.25) is 0 Å². The van der Waals surface area contributed by atoms with E-state index in [0.29, 0.717) is 24.9 Å². The average Bonchev–Trinajstić information content (AvgIpc) is 3.84. The molecule has 2 saturated heterocycles. The first-order valence-electron chi connectivity index (χ1n) is 15.6. The van der Waals surface area contributed by atoms with Gasteiger partial charge in [-0.2, -0.15) is 10.2 Å². The van der Waals surface area contributed by atoms with Crippen molar-refractivity contribution >= 4 is 46.5 Å². The zero-order valence-corrected chi connectivity index (χ0v) is 25.0. The summed E-state index contributed by atoms with van der Waals surface area (Å²) in [4.78, 5) is 29.9. The Labute approximate surface area is 258 Å². The van der Waals surface area contributed by atoms with Crippen LogP contribution in [0.5, 0.6) is 0 Å². The Bertz CT molecular complexity index is 1660. The van der Waals surface area contributed by atoms with E-state index in [9.17, 15) is 9.59 Å². The van der Waals surface area contributed by atoms with Gasteiger partial charge in [-0.15, -0.1) is 0 Å². The molecule has 226 valence electrons. The van der Waals surface area contributed by atoms with Crippen LogP contribution in [0, 0.1) is 0 Å². The standard InChI is InChI=1S/C35H39N7O2/c43-34(38-36-25-27-8-5-10-31(22-27)40-16-1-2-17-40)12-7-20-42-21-15-29-24-30(13-14-33(29)42)35(44)39-37-26-28-9-6-11-32(23-28)41-18-3-4-19-41/h5-6,8-11,13-15,21-26H,1-4,7,12,16-20H2,(H,38,43)(H,39,44)/b36-25+,37-26+. The molecule has 0 atom stereocenters. The fraction of sp³-hybridized carbons (Fsp3) is 0.314. The summed E-state index contributed by atoms with van der Waals surface area (Å²) >= 11 is 0. The molecule has 3 heterocycles. The van der Waals surface area contributed by atoms with Crippen LogP contribution in [0.3, 0.4) is 0 Å². The van der Waals surface area contributed by atoms with Crippen LogP contribution in [-0.2, 0) is 11.3 Å². The molecule has 0 aliphatic carbocycles. The van der Waals surface area contributed by atoms with E-state index in [1.807, 2.05) is 48.7 Å². The van der Waals surface area contributed by atoms with Crippen molar-refractivity contribution in [3.8, 4) is 0 Å². The number of aromatic nitrogens is 1. The predicted octanol–water partition coefficient (Wildman–Crippen LogP) is 5.54. The van der Waals surface area contributed by atoms with Crippen molar-refractivity contribution in [1.29, 1.82) is 0 Å². The van der Waals surface area contributed by atoms with E-state index in [2.05, 4.69) is 59.7 Å². The van der Waals surface area contributed by atoms with Crippen LogP contribution in [0.25, 0.3) is 10.9 Å². The van der Waals surface area contributed by atoms with Gasteiger partial charge in [0, 0.05) is 73.2 Å². The van der Waals surface area contributed by atoms with Gasteiger partial charge in [-0.3, -0.25) is 9.59 Å². The van der Waals surface area contributed by atoms with Crippen molar-refractivity contribution in [1.82, 2.24) is 15.4 Å². The Morgan fingerprint density at radius 2 is 1.34 bits per heavy atom. The van der Waals surface area contributed by atoms with E-state index in [4.69, 9.17) is 0 Å². The van der Waals surface area contributed by atoms with E-state index in [0.717, 1.165) is 48.2 Å². The summed E-state index contributed by atoms with van der Waals surface area (Å²) in [7, 11) is 0. The molecule has 0 radical (unpaired) electrons. The summed E-state index contributed by atoms with van der Waals surface area (Å²) in [6.07, 6.45) is 11.3. The quantitative estimate of drug-likeness (QED) is 0.178. The van der Waals surface area contributed by atoms with Gasteiger partial charge in [-0.25, -0.2) is 10.9 Å². The van der Waals surface area contributed by atoms with Gasteiger partial charge in [0.2, 0.25) is 5.91 Å². The molecule has 2 aliphatic rings. The number of fused-ring (bicyclic) bond motifs is 1. The number of carbonyl (C=O) groups excluding carboxylic acids is 2. The van der Waals surface area contributed by atoms with Crippen molar-refractivity contribution in [3.05, 3.63) is 95.7 Å². The minimum absolute atomic E-state index is 0.115. The fourth-order valence-corrected chi connectivity index (χ4v) is 5.97. The van der Waals surface area contributed by atoms with Gasteiger partial charge in [0.25, 0.3) is 5.91 Å². The Morgan fingerprint density at radius 3 is 1.98 bits per heavy atom. The summed E-state index contributed by atoms with van der Waals surface area (Å²) in [6.45, 7) is 5.04. The number of aryl methyl sites for hydroxylation is 1. The molecule has 2 aliphatic heterocycles. The number of benzene rings is 3. The van der Waals surface area contributed by atoms with Crippen molar-refractivity contribution in [2.45, 2.75) is 45.1 Å². The number of carbonyl (C=O) groups is 2. The number of nitrogens with zero attached hydrogens (tertiary/aromatic N) is 5. The van der Waals surface area contributed by atoms with Gasteiger partial charge in [-0.1, -0.05) is 24.3 Å². The average molecular weight is 590 g/mol. The van der Waals surface area contributed by atoms with Crippen LogP contribution < -0.4 is 20.7 Å². The summed E-state index contributed by atoms with van der Waals surface area (Å²) in [6, 6.07) is 24.0. The maximum Gasteiger partial charge on any atom is 0.271 e. The lowest BCUT2D eigenvalue weighted by molar-refractivity contribution is -0.121. The number of amides is 2.